The van der Waals surface area contributed by atoms with Gasteiger partial charge in [0.1, 0.15) is 0 Å². The average molecular weight is 643 g/mol. The normalized spacial score (nSPS) is 14.0. The Morgan fingerprint density at radius 2 is 1.22 bits per heavy atom. The van der Waals surface area contributed by atoms with E-state index in [1.807, 2.05) is 105 Å². The molecule has 0 aliphatic carbocycles. The van der Waals surface area contributed by atoms with Gasteiger partial charge < -0.3 is 21.1 Å². The van der Waals surface area contributed by atoms with Crippen molar-refractivity contribution in [1.82, 2.24) is 16.0 Å². The van der Waals surface area contributed by atoms with Crippen molar-refractivity contribution in [2.75, 3.05) is 17.0 Å². The number of nitrogens with one attached hydrogen (secondary N) is 4. The third-order valence-electron chi connectivity index (χ3n) is 7.77. The van der Waals surface area contributed by atoms with Crippen molar-refractivity contribution in [2.24, 2.45) is 0 Å². The summed E-state index contributed by atoms with van der Waals surface area (Å²) in [6.45, 7) is 5.54. The van der Waals surface area contributed by atoms with E-state index in [0.29, 0.717) is 6.42 Å². The molecular formula is C36H42N4O5S. The van der Waals surface area contributed by atoms with E-state index in [1.54, 1.807) is 0 Å². The highest BCUT2D eigenvalue weighted by atomic mass is 32.2. The molecule has 5 N–H and O–H groups in total. The standard InChI is InChI=1S/C36H42N4O5S/c1-4-46(44,45)40-32-22-30(35(42)38-26(3)29-18-12-7-13-19-29)21-31(23-32)36(43)39-33(20-27-14-8-5-9-15-27)34(41)24-37-25(2)28-16-10-6-11-17-28/h5-19,21-23,25-26,33-34,37,40-41H,4,20,24H2,1-3H3,(H,38,42)(H,39,43)/t25-,26-,33+,34-/m1/s1. The summed E-state index contributed by atoms with van der Waals surface area (Å²) >= 11 is 0. The van der Waals surface area contributed by atoms with Crippen LogP contribution in [0.3, 0.4) is 0 Å². The summed E-state index contributed by atoms with van der Waals surface area (Å²) in [6, 6.07) is 31.9. The van der Waals surface area contributed by atoms with Crippen molar-refractivity contribution in [3.8, 4) is 0 Å². The van der Waals surface area contributed by atoms with E-state index in [4.69, 9.17) is 0 Å². The predicted octanol–water partition coefficient (Wildman–Crippen LogP) is 4.99. The van der Waals surface area contributed by atoms with E-state index in [0.717, 1.165) is 16.7 Å². The maximum Gasteiger partial charge on any atom is 0.251 e. The number of anilines is 1. The van der Waals surface area contributed by atoms with Gasteiger partial charge in [0.15, 0.2) is 0 Å². The fourth-order valence-electron chi connectivity index (χ4n) is 5.01. The minimum atomic E-state index is -3.70. The van der Waals surface area contributed by atoms with Gasteiger partial charge in [0.2, 0.25) is 10.0 Å². The van der Waals surface area contributed by atoms with Crippen molar-refractivity contribution < 1.29 is 23.1 Å². The smallest absolute Gasteiger partial charge is 0.251 e. The monoisotopic (exact) mass is 642 g/mol. The van der Waals surface area contributed by atoms with Crippen LogP contribution in [-0.4, -0.2) is 49.8 Å². The van der Waals surface area contributed by atoms with Crippen LogP contribution in [0.5, 0.6) is 0 Å². The summed E-state index contributed by atoms with van der Waals surface area (Å²) < 4.78 is 27.3. The zero-order valence-corrected chi connectivity index (χ0v) is 27.1. The summed E-state index contributed by atoms with van der Waals surface area (Å²) in [5.74, 6) is -1.21. The van der Waals surface area contributed by atoms with Crippen LogP contribution in [0.25, 0.3) is 0 Å². The molecule has 0 fully saturated rings. The first kappa shape index (κ1) is 34.4. The Morgan fingerprint density at radius 3 is 1.76 bits per heavy atom. The molecule has 4 aromatic carbocycles. The summed E-state index contributed by atoms with van der Waals surface area (Å²) in [4.78, 5) is 27.1. The number of rotatable bonds is 15. The number of aliphatic hydroxyl groups is 1. The molecule has 0 unspecified atom stereocenters. The minimum absolute atomic E-state index is 0.0356. The number of sulfonamides is 1. The van der Waals surface area contributed by atoms with Gasteiger partial charge in [0.25, 0.3) is 11.8 Å². The van der Waals surface area contributed by atoms with E-state index >= 15 is 0 Å². The average Bonchev–Trinajstić information content (AvgIpc) is 3.07. The zero-order chi connectivity index (χ0) is 33.1. The van der Waals surface area contributed by atoms with Crippen LogP contribution in [0.1, 0.15) is 70.3 Å². The number of carbonyl (C=O) groups is 2. The first-order valence-electron chi connectivity index (χ1n) is 15.4. The van der Waals surface area contributed by atoms with E-state index in [9.17, 15) is 23.1 Å². The molecule has 0 bridgehead atoms. The molecular weight excluding hydrogens is 600 g/mol. The highest BCUT2D eigenvalue weighted by Gasteiger charge is 2.25. The first-order chi connectivity index (χ1) is 22.0. The van der Waals surface area contributed by atoms with Crippen LogP contribution >= 0.6 is 0 Å². The highest BCUT2D eigenvalue weighted by Crippen LogP contribution is 2.20. The molecule has 4 aromatic rings. The number of hydrogen-bond acceptors (Lipinski definition) is 6. The van der Waals surface area contributed by atoms with Crippen molar-refractivity contribution in [1.29, 1.82) is 0 Å². The quantitative estimate of drug-likeness (QED) is 0.124. The maximum absolute atomic E-state index is 13.8. The van der Waals surface area contributed by atoms with E-state index in [-0.39, 0.29) is 41.2 Å². The molecule has 0 radical (unpaired) electrons. The van der Waals surface area contributed by atoms with E-state index in [1.165, 1.54) is 25.1 Å². The Hall–Kier alpha value is -4.51. The van der Waals surface area contributed by atoms with Crippen LogP contribution in [0.4, 0.5) is 5.69 Å². The number of aliphatic hydroxyl groups excluding tert-OH is 1. The molecule has 10 heteroatoms. The molecule has 242 valence electrons. The summed E-state index contributed by atoms with van der Waals surface area (Å²) in [6.07, 6.45) is -0.620. The molecule has 4 atom stereocenters. The van der Waals surface area contributed by atoms with Crippen molar-refractivity contribution >= 4 is 27.5 Å². The Balaban J connectivity index is 1.58. The van der Waals surface area contributed by atoms with Gasteiger partial charge in [-0.05, 0) is 62.1 Å². The zero-order valence-electron chi connectivity index (χ0n) is 26.3. The Labute approximate surface area is 271 Å². The van der Waals surface area contributed by atoms with Gasteiger partial charge in [-0.1, -0.05) is 91.0 Å². The number of benzene rings is 4. The topological polar surface area (TPSA) is 137 Å². The Bertz CT molecular complexity index is 1690. The predicted molar refractivity (Wildman–Crippen MR) is 182 cm³/mol. The maximum atomic E-state index is 13.8. The molecule has 0 heterocycles. The molecule has 0 aliphatic rings. The molecule has 0 spiro atoms. The molecule has 2 amide bonds. The lowest BCUT2D eigenvalue weighted by Crippen LogP contribution is -2.49. The number of carbonyl (C=O) groups excluding carboxylic acids is 2. The van der Waals surface area contributed by atoms with E-state index < -0.39 is 34.0 Å². The lowest BCUT2D eigenvalue weighted by atomic mass is 9.99. The third kappa shape index (κ3) is 10.00. The molecule has 46 heavy (non-hydrogen) atoms. The molecule has 9 nitrogen and oxygen atoms in total. The largest absolute Gasteiger partial charge is 0.390 e. The summed E-state index contributed by atoms with van der Waals surface area (Å²) in [5, 5.41) is 20.5. The molecule has 0 saturated heterocycles. The van der Waals surface area contributed by atoms with Crippen LogP contribution < -0.4 is 20.7 Å². The van der Waals surface area contributed by atoms with Crippen LogP contribution in [0.2, 0.25) is 0 Å². The number of hydrogen-bond donors (Lipinski definition) is 5. The Kier molecular flexibility index (Phi) is 12.1. The Morgan fingerprint density at radius 1 is 0.717 bits per heavy atom. The lowest BCUT2D eigenvalue weighted by Gasteiger charge is -2.26. The van der Waals surface area contributed by atoms with Gasteiger partial charge in [0, 0.05) is 23.7 Å². The molecule has 0 aliphatic heterocycles. The molecule has 0 aromatic heterocycles. The van der Waals surface area contributed by atoms with Gasteiger partial charge in [-0.3, -0.25) is 14.3 Å². The second-order valence-corrected chi connectivity index (χ2v) is 13.3. The lowest BCUT2D eigenvalue weighted by molar-refractivity contribution is 0.0825. The molecule has 4 rings (SSSR count). The van der Waals surface area contributed by atoms with Gasteiger partial charge in [-0.15, -0.1) is 0 Å². The van der Waals surface area contributed by atoms with Gasteiger partial charge >= 0.3 is 0 Å². The van der Waals surface area contributed by atoms with Gasteiger partial charge in [-0.25, -0.2) is 8.42 Å². The second kappa shape index (κ2) is 16.2. The van der Waals surface area contributed by atoms with Crippen LogP contribution in [0.15, 0.2) is 109 Å². The highest BCUT2D eigenvalue weighted by molar-refractivity contribution is 7.92. The second-order valence-electron chi connectivity index (χ2n) is 11.3. The van der Waals surface area contributed by atoms with E-state index in [2.05, 4.69) is 20.7 Å². The first-order valence-corrected chi connectivity index (χ1v) is 17.0. The van der Waals surface area contributed by atoms with Crippen molar-refractivity contribution in [3.63, 3.8) is 0 Å². The van der Waals surface area contributed by atoms with Crippen molar-refractivity contribution in [2.45, 2.75) is 51.4 Å². The van der Waals surface area contributed by atoms with Gasteiger partial charge in [0.05, 0.1) is 29.6 Å². The summed E-state index contributed by atoms with van der Waals surface area (Å²) in [5.41, 5.74) is 3.15. The minimum Gasteiger partial charge on any atom is -0.390 e. The van der Waals surface area contributed by atoms with Gasteiger partial charge in [-0.2, -0.15) is 0 Å². The fourth-order valence-corrected chi connectivity index (χ4v) is 5.63. The van der Waals surface area contributed by atoms with Crippen molar-refractivity contribution in [3.05, 3.63) is 137 Å². The third-order valence-corrected chi connectivity index (χ3v) is 9.08. The summed E-state index contributed by atoms with van der Waals surface area (Å²) in [7, 11) is -3.70. The SMILES string of the molecule is CCS(=O)(=O)Nc1cc(C(=O)N[C@@H](Cc2ccccc2)[C@H](O)CN[C@H](C)c2ccccc2)cc(C(=O)N[C@H](C)c2ccccc2)c1. The fraction of sp³-hybridized carbons (Fsp3) is 0.278. The molecule has 0 saturated carbocycles. The number of amides is 2. The van der Waals surface area contributed by atoms with Crippen LogP contribution in [0, 0.1) is 0 Å². The van der Waals surface area contributed by atoms with Crippen LogP contribution in [-0.2, 0) is 16.4 Å².